The molecule has 0 unspecified atom stereocenters. The summed E-state index contributed by atoms with van der Waals surface area (Å²) in [5, 5.41) is 12.3. The standard InChI is InChI=1S/C30H33ClN4O8S/c1-41-15-14-34(44(39,40)23-9-10-25(31)27(17-23)35(37)38)20-30(36)33(19-21-8-11-28(42-2)29(16-21)43-3)13-12-22-18-32-26-7-5-4-6-24(22)26/h4-11,16-18,32H,12-15,19-20H2,1-3H3. The van der Waals surface area contributed by atoms with Gasteiger partial charge >= 0.3 is 0 Å². The van der Waals surface area contributed by atoms with E-state index in [-0.39, 0.29) is 36.2 Å². The molecule has 1 aromatic heterocycles. The number of amides is 1. The van der Waals surface area contributed by atoms with Gasteiger partial charge in [-0.25, -0.2) is 8.42 Å². The molecule has 1 amide bonds. The molecule has 0 spiro atoms. The number of rotatable bonds is 15. The highest BCUT2D eigenvalue weighted by atomic mass is 35.5. The lowest BCUT2D eigenvalue weighted by Crippen LogP contribution is -2.44. The van der Waals surface area contributed by atoms with Gasteiger partial charge in [-0.3, -0.25) is 14.9 Å². The van der Waals surface area contributed by atoms with Crippen molar-refractivity contribution in [3.63, 3.8) is 0 Å². The van der Waals surface area contributed by atoms with Crippen molar-refractivity contribution >= 4 is 44.1 Å². The second-order valence-electron chi connectivity index (χ2n) is 9.82. The van der Waals surface area contributed by atoms with E-state index in [1.165, 1.54) is 27.4 Å². The molecule has 4 aromatic rings. The Morgan fingerprint density at radius 3 is 2.45 bits per heavy atom. The zero-order chi connectivity index (χ0) is 31.9. The summed E-state index contributed by atoms with van der Waals surface area (Å²) in [5.74, 6) is 0.548. The Morgan fingerprint density at radius 1 is 1.00 bits per heavy atom. The number of hydrogen-bond donors (Lipinski definition) is 1. The number of nitro benzene ring substituents is 1. The molecule has 0 saturated heterocycles. The second-order valence-corrected chi connectivity index (χ2v) is 12.2. The van der Waals surface area contributed by atoms with Crippen molar-refractivity contribution < 1.29 is 32.3 Å². The zero-order valence-electron chi connectivity index (χ0n) is 24.5. The fraction of sp³-hybridized carbons (Fsp3) is 0.300. The van der Waals surface area contributed by atoms with Crippen LogP contribution in [0.1, 0.15) is 11.1 Å². The third-order valence-corrected chi connectivity index (χ3v) is 9.27. The first-order valence-corrected chi connectivity index (χ1v) is 15.4. The summed E-state index contributed by atoms with van der Waals surface area (Å²) in [5.41, 5.74) is 2.16. The Labute approximate surface area is 260 Å². The lowest BCUT2D eigenvalue weighted by molar-refractivity contribution is -0.384. The van der Waals surface area contributed by atoms with Gasteiger partial charge in [0.25, 0.3) is 5.69 Å². The van der Waals surface area contributed by atoms with Crippen LogP contribution in [0.25, 0.3) is 10.9 Å². The first kappa shape index (κ1) is 32.7. The number of nitro groups is 1. The molecule has 4 rings (SSSR count). The number of nitrogens with zero attached hydrogens (tertiary/aromatic N) is 3. The fourth-order valence-electron chi connectivity index (χ4n) is 4.76. The largest absolute Gasteiger partial charge is 0.493 e. The van der Waals surface area contributed by atoms with Crippen LogP contribution in [0.3, 0.4) is 0 Å². The molecule has 0 atom stereocenters. The Kier molecular flexibility index (Phi) is 10.8. The van der Waals surface area contributed by atoms with E-state index >= 15 is 0 Å². The number of para-hydroxylation sites is 1. The Morgan fingerprint density at radius 2 is 1.75 bits per heavy atom. The van der Waals surface area contributed by atoms with Crippen LogP contribution >= 0.6 is 11.6 Å². The molecule has 0 bridgehead atoms. The van der Waals surface area contributed by atoms with Crippen LogP contribution in [0.2, 0.25) is 5.02 Å². The number of carbonyl (C=O) groups excluding carboxylic acids is 1. The van der Waals surface area contributed by atoms with Gasteiger partial charge in [0, 0.05) is 49.9 Å². The van der Waals surface area contributed by atoms with Crippen LogP contribution in [0.5, 0.6) is 11.5 Å². The second kappa shape index (κ2) is 14.5. The van der Waals surface area contributed by atoms with Gasteiger partial charge in [0.1, 0.15) is 5.02 Å². The molecule has 0 fully saturated rings. The van der Waals surface area contributed by atoms with E-state index in [4.69, 9.17) is 25.8 Å². The molecule has 0 aliphatic rings. The topological polar surface area (TPSA) is 144 Å². The van der Waals surface area contributed by atoms with Crippen molar-refractivity contribution in [2.24, 2.45) is 0 Å². The van der Waals surface area contributed by atoms with Gasteiger partial charge in [0.15, 0.2) is 11.5 Å². The van der Waals surface area contributed by atoms with E-state index in [0.717, 1.165) is 38.5 Å². The first-order chi connectivity index (χ1) is 21.1. The molecule has 12 nitrogen and oxygen atoms in total. The maximum atomic E-state index is 13.9. The van der Waals surface area contributed by atoms with E-state index < -0.39 is 33.1 Å². The van der Waals surface area contributed by atoms with Crippen LogP contribution in [0.4, 0.5) is 5.69 Å². The van der Waals surface area contributed by atoms with Crippen LogP contribution < -0.4 is 9.47 Å². The van der Waals surface area contributed by atoms with Gasteiger partial charge in [-0.05, 0) is 47.9 Å². The highest BCUT2D eigenvalue weighted by molar-refractivity contribution is 7.89. The molecule has 234 valence electrons. The minimum Gasteiger partial charge on any atom is -0.493 e. The number of carbonyl (C=O) groups is 1. The van der Waals surface area contributed by atoms with Crippen molar-refractivity contribution in [3.05, 3.63) is 93.1 Å². The SMILES string of the molecule is COCCN(CC(=O)N(CCc1c[nH]c2ccccc12)Cc1ccc(OC)c(OC)c1)S(=O)(=O)c1ccc(Cl)c([N+](=O)[O-])c1. The third-order valence-electron chi connectivity index (χ3n) is 7.11. The average molecular weight is 645 g/mol. The van der Waals surface area contributed by atoms with Gasteiger partial charge in [0.2, 0.25) is 15.9 Å². The normalized spacial score (nSPS) is 11.6. The van der Waals surface area contributed by atoms with Crippen molar-refractivity contribution in [2.75, 3.05) is 47.6 Å². The van der Waals surface area contributed by atoms with Gasteiger partial charge < -0.3 is 24.1 Å². The Bertz CT molecular complexity index is 1740. The molecule has 0 radical (unpaired) electrons. The number of aromatic amines is 1. The summed E-state index contributed by atoms with van der Waals surface area (Å²) in [4.78, 5) is 29.0. The van der Waals surface area contributed by atoms with Crippen molar-refractivity contribution in [2.45, 2.75) is 17.9 Å². The lowest BCUT2D eigenvalue weighted by atomic mass is 10.1. The summed E-state index contributed by atoms with van der Waals surface area (Å²) in [6.07, 6.45) is 2.39. The maximum Gasteiger partial charge on any atom is 0.289 e. The summed E-state index contributed by atoms with van der Waals surface area (Å²) in [7, 11) is 0.0959. The highest BCUT2D eigenvalue weighted by Gasteiger charge is 2.30. The molecule has 1 N–H and O–H groups in total. The van der Waals surface area contributed by atoms with Crippen LogP contribution in [0.15, 0.2) is 71.8 Å². The van der Waals surface area contributed by atoms with Crippen molar-refractivity contribution in [1.82, 2.24) is 14.2 Å². The molecule has 3 aromatic carbocycles. The number of H-pyrrole nitrogens is 1. The number of hydrogen-bond acceptors (Lipinski definition) is 8. The zero-order valence-corrected chi connectivity index (χ0v) is 26.1. The number of halogens is 1. The lowest BCUT2D eigenvalue weighted by Gasteiger charge is -2.27. The number of aromatic nitrogens is 1. The van der Waals surface area contributed by atoms with Crippen molar-refractivity contribution in [1.29, 1.82) is 0 Å². The smallest absolute Gasteiger partial charge is 0.289 e. The van der Waals surface area contributed by atoms with Crippen LogP contribution in [0, 0.1) is 10.1 Å². The Hall–Kier alpha value is -4.17. The predicted molar refractivity (Wildman–Crippen MR) is 166 cm³/mol. The number of fused-ring (bicyclic) bond motifs is 1. The molecular formula is C30H33ClN4O8S. The minimum atomic E-state index is -4.35. The Balaban J connectivity index is 1.65. The number of methoxy groups -OCH3 is 3. The first-order valence-electron chi connectivity index (χ1n) is 13.6. The molecule has 44 heavy (non-hydrogen) atoms. The highest BCUT2D eigenvalue weighted by Crippen LogP contribution is 2.30. The molecule has 14 heteroatoms. The maximum absolute atomic E-state index is 13.9. The van der Waals surface area contributed by atoms with E-state index in [1.54, 1.807) is 23.1 Å². The molecule has 0 aliphatic heterocycles. The molecule has 0 saturated carbocycles. The van der Waals surface area contributed by atoms with E-state index in [0.29, 0.717) is 17.9 Å². The van der Waals surface area contributed by atoms with Crippen LogP contribution in [-0.2, 0) is 32.5 Å². The number of nitrogens with one attached hydrogen (secondary N) is 1. The van der Waals surface area contributed by atoms with Gasteiger partial charge in [-0.1, -0.05) is 35.9 Å². The summed E-state index contributed by atoms with van der Waals surface area (Å²) in [6, 6.07) is 16.3. The third kappa shape index (κ3) is 7.48. The predicted octanol–water partition coefficient (Wildman–Crippen LogP) is 4.66. The van der Waals surface area contributed by atoms with Crippen molar-refractivity contribution in [3.8, 4) is 11.5 Å². The number of ether oxygens (including phenoxy) is 3. The monoisotopic (exact) mass is 644 g/mol. The summed E-state index contributed by atoms with van der Waals surface area (Å²) in [6.45, 7) is -0.254. The van der Waals surface area contributed by atoms with Gasteiger partial charge in [0.05, 0.1) is 37.2 Å². The van der Waals surface area contributed by atoms with Gasteiger partial charge in [-0.15, -0.1) is 0 Å². The molecular weight excluding hydrogens is 612 g/mol. The summed E-state index contributed by atoms with van der Waals surface area (Å²) < 4.78 is 44.2. The van der Waals surface area contributed by atoms with Crippen LogP contribution in [-0.4, -0.2) is 81.0 Å². The van der Waals surface area contributed by atoms with E-state index in [9.17, 15) is 23.3 Å². The minimum absolute atomic E-state index is 0.00674. The average Bonchev–Trinajstić information content (AvgIpc) is 3.43. The van der Waals surface area contributed by atoms with E-state index in [2.05, 4.69) is 4.98 Å². The quantitative estimate of drug-likeness (QED) is 0.145. The number of sulfonamides is 1. The summed E-state index contributed by atoms with van der Waals surface area (Å²) >= 11 is 5.91. The fourth-order valence-corrected chi connectivity index (χ4v) is 6.34. The number of benzene rings is 3. The van der Waals surface area contributed by atoms with E-state index in [1.807, 2.05) is 30.5 Å². The molecule has 0 aliphatic carbocycles. The molecule has 1 heterocycles. The van der Waals surface area contributed by atoms with Gasteiger partial charge in [-0.2, -0.15) is 4.31 Å².